The Morgan fingerprint density at radius 2 is 1.75 bits per heavy atom. The number of carbonyl (C=O) groups excluding carboxylic acids is 1. The Balaban J connectivity index is 2.27. The van der Waals surface area contributed by atoms with Crippen LogP contribution in [0.15, 0.2) is 53.4 Å². The number of para-hydroxylation sites is 2. The third-order valence-corrected chi connectivity index (χ3v) is 4.83. The topological polar surface area (TPSA) is 75.7 Å². The smallest absolute Gasteiger partial charge is 0.335 e. The molecule has 0 bridgehead atoms. The van der Waals surface area contributed by atoms with Crippen LogP contribution >= 0.6 is 0 Å². The minimum absolute atomic E-state index is 0.0394. The number of carbonyl (C=O) groups is 1. The first-order valence-corrected chi connectivity index (χ1v) is 8.91. The zero-order chi connectivity index (χ0) is 17.7. The highest BCUT2D eigenvalue weighted by molar-refractivity contribution is 7.90. The van der Waals surface area contributed by atoms with E-state index in [2.05, 4.69) is 4.72 Å². The van der Waals surface area contributed by atoms with Crippen LogP contribution in [-0.4, -0.2) is 28.1 Å². The van der Waals surface area contributed by atoms with Gasteiger partial charge in [-0.05, 0) is 38.1 Å². The van der Waals surface area contributed by atoms with E-state index in [1.54, 1.807) is 43.3 Å². The lowest BCUT2D eigenvalue weighted by atomic mass is 10.2. The summed E-state index contributed by atoms with van der Waals surface area (Å²) in [6.07, 6.45) is 0. The fourth-order valence-corrected chi connectivity index (χ4v) is 3.17. The van der Waals surface area contributed by atoms with E-state index in [0.717, 1.165) is 5.56 Å². The lowest BCUT2D eigenvalue weighted by Crippen LogP contribution is -2.43. The van der Waals surface area contributed by atoms with E-state index in [4.69, 9.17) is 4.74 Å². The Hall–Kier alpha value is -2.54. The number of nitrogens with one attached hydrogen (secondary N) is 1. The Labute approximate surface area is 142 Å². The summed E-state index contributed by atoms with van der Waals surface area (Å²) < 4.78 is 32.1. The van der Waals surface area contributed by atoms with Crippen molar-refractivity contribution in [3.8, 4) is 5.75 Å². The molecular weight excluding hydrogens is 328 g/mol. The van der Waals surface area contributed by atoms with Crippen molar-refractivity contribution < 1.29 is 17.9 Å². The molecule has 128 valence electrons. The van der Waals surface area contributed by atoms with Crippen molar-refractivity contribution in [1.29, 1.82) is 0 Å². The van der Waals surface area contributed by atoms with Crippen LogP contribution in [0, 0.1) is 6.92 Å². The van der Waals surface area contributed by atoms with Crippen molar-refractivity contribution in [2.45, 2.75) is 18.7 Å². The van der Waals surface area contributed by atoms with E-state index in [-0.39, 0.29) is 11.4 Å². The molecule has 0 saturated carbocycles. The number of anilines is 1. The molecule has 0 aromatic heterocycles. The molecule has 6 nitrogen and oxygen atoms in total. The molecule has 0 saturated heterocycles. The van der Waals surface area contributed by atoms with Crippen LogP contribution in [0.25, 0.3) is 0 Å². The van der Waals surface area contributed by atoms with Gasteiger partial charge in [0, 0.05) is 6.54 Å². The van der Waals surface area contributed by atoms with E-state index in [0.29, 0.717) is 11.4 Å². The minimum Gasteiger partial charge on any atom is -0.495 e. The second-order valence-corrected chi connectivity index (χ2v) is 6.82. The molecule has 2 amide bonds. The first-order valence-electron chi connectivity index (χ1n) is 7.43. The largest absolute Gasteiger partial charge is 0.495 e. The van der Waals surface area contributed by atoms with Crippen molar-refractivity contribution >= 4 is 21.7 Å². The molecule has 2 aromatic rings. The summed E-state index contributed by atoms with van der Waals surface area (Å²) in [5, 5.41) is 0. The average Bonchev–Trinajstić information content (AvgIpc) is 2.56. The number of hydrogen-bond donors (Lipinski definition) is 1. The summed E-state index contributed by atoms with van der Waals surface area (Å²) >= 11 is 0. The van der Waals surface area contributed by atoms with Crippen LogP contribution in [0.1, 0.15) is 12.5 Å². The Kier molecular flexibility index (Phi) is 5.46. The number of benzene rings is 2. The molecule has 0 heterocycles. The van der Waals surface area contributed by atoms with Crippen molar-refractivity contribution in [2.75, 3.05) is 18.6 Å². The molecule has 0 aliphatic heterocycles. The first-order chi connectivity index (χ1) is 11.4. The monoisotopic (exact) mass is 348 g/mol. The Morgan fingerprint density at radius 3 is 2.33 bits per heavy atom. The molecular formula is C17H20N2O4S. The predicted octanol–water partition coefficient (Wildman–Crippen LogP) is 2.93. The zero-order valence-corrected chi connectivity index (χ0v) is 14.6. The highest BCUT2D eigenvalue weighted by Crippen LogP contribution is 2.27. The van der Waals surface area contributed by atoms with Crippen LogP contribution in [0.5, 0.6) is 5.75 Å². The quantitative estimate of drug-likeness (QED) is 0.901. The van der Waals surface area contributed by atoms with E-state index in [9.17, 15) is 13.2 Å². The van der Waals surface area contributed by atoms with Crippen LogP contribution < -0.4 is 14.4 Å². The van der Waals surface area contributed by atoms with Crippen LogP contribution in [0.2, 0.25) is 0 Å². The van der Waals surface area contributed by atoms with Gasteiger partial charge in [0.1, 0.15) is 5.75 Å². The standard InChI is InChI=1S/C17H20N2O4S/c1-4-19(15-7-5-6-8-16(15)23-3)17(20)18-24(21,22)14-11-9-13(2)10-12-14/h5-12H,4H2,1-3H3,(H,18,20). The van der Waals surface area contributed by atoms with Crippen molar-refractivity contribution in [1.82, 2.24) is 4.72 Å². The van der Waals surface area contributed by atoms with Gasteiger partial charge in [-0.3, -0.25) is 4.90 Å². The number of nitrogens with zero attached hydrogens (tertiary/aromatic N) is 1. The molecule has 0 aliphatic rings. The zero-order valence-electron chi connectivity index (χ0n) is 13.8. The SMILES string of the molecule is CCN(C(=O)NS(=O)(=O)c1ccc(C)cc1)c1ccccc1OC. The number of aryl methyl sites for hydroxylation is 1. The third kappa shape index (κ3) is 3.86. The number of rotatable bonds is 5. The maximum Gasteiger partial charge on any atom is 0.335 e. The molecule has 0 spiro atoms. The Bertz CT molecular complexity index is 817. The van der Waals surface area contributed by atoms with Crippen LogP contribution in [0.3, 0.4) is 0 Å². The molecule has 1 N–H and O–H groups in total. The second kappa shape index (κ2) is 7.35. The van der Waals surface area contributed by atoms with Gasteiger partial charge in [-0.25, -0.2) is 17.9 Å². The van der Waals surface area contributed by atoms with Crippen molar-refractivity contribution in [3.05, 3.63) is 54.1 Å². The Morgan fingerprint density at radius 1 is 1.12 bits per heavy atom. The van der Waals surface area contributed by atoms with Crippen molar-refractivity contribution in [2.24, 2.45) is 0 Å². The summed E-state index contributed by atoms with van der Waals surface area (Å²) in [5.74, 6) is 0.488. The molecule has 24 heavy (non-hydrogen) atoms. The normalized spacial score (nSPS) is 11.0. The van der Waals surface area contributed by atoms with Crippen LogP contribution in [0.4, 0.5) is 10.5 Å². The highest BCUT2D eigenvalue weighted by atomic mass is 32.2. The molecule has 2 aromatic carbocycles. The maximum absolute atomic E-state index is 12.5. The van der Waals surface area contributed by atoms with Gasteiger partial charge in [0.2, 0.25) is 0 Å². The molecule has 0 atom stereocenters. The number of amides is 2. The summed E-state index contributed by atoms with van der Waals surface area (Å²) in [4.78, 5) is 13.8. The van der Waals surface area contributed by atoms with Gasteiger partial charge < -0.3 is 4.74 Å². The molecule has 0 unspecified atom stereocenters. The maximum atomic E-state index is 12.5. The first kappa shape index (κ1) is 17.8. The lowest BCUT2D eigenvalue weighted by molar-refractivity contribution is 0.251. The molecule has 2 rings (SSSR count). The van der Waals surface area contributed by atoms with Crippen LogP contribution in [-0.2, 0) is 10.0 Å². The van der Waals surface area contributed by atoms with E-state index in [1.165, 1.54) is 24.1 Å². The van der Waals surface area contributed by atoms with Gasteiger partial charge in [0.05, 0.1) is 17.7 Å². The lowest BCUT2D eigenvalue weighted by Gasteiger charge is -2.23. The average molecular weight is 348 g/mol. The second-order valence-electron chi connectivity index (χ2n) is 5.14. The number of urea groups is 1. The number of methoxy groups -OCH3 is 1. The summed E-state index contributed by atoms with van der Waals surface area (Å²) in [7, 11) is -2.45. The summed E-state index contributed by atoms with van der Waals surface area (Å²) in [5.41, 5.74) is 1.43. The molecule has 0 radical (unpaired) electrons. The predicted molar refractivity (Wildman–Crippen MR) is 92.9 cm³/mol. The van der Waals surface area contributed by atoms with Gasteiger partial charge in [0.15, 0.2) is 0 Å². The van der Waals surface area contributed by atoms with E-state index in [1.807, 2.05) is 6.92 Å². The summed E-state index contributed by atoms with van der Waals surface area (Å²) in [6.45, 7) is 3.90. The summed E-state index contributed by atoms with van der Waals surface area (Å²) in [6, 6.07) is 12.5. The number of sulfonamides is 1. The number of hydrogen-bond acceptors (Lipinski definition) is 4. The van der Waals surface area contributed by atoms with E-state index >= 15 is 0 Å². The van der Waals surface area contributed by atoms with Gasteiger partial charge in [-0.1, -0.05) is 29.8 Å². The highest BCUT2D eigenvalue weighted by Gasteiger charge is 2.23. The van der Waals surface area contributed by atoms with Gasteiger partial charge in [-0.15, -0.1) is 0 Å². The van der Waals surface area contributed by atoms with Gasteiger partial charge >= 0.3 is 6.03 Å². The fourth-order valence-electron chi connectivity index (χ4n) is 2.22. The third-order valence-electron chi connectivity index (χ3n) is 3.49. The van der Waals surface area contributed by atoms with E-state index < -0.39 is 16.1 Å². The minimum atomic E-state index is -3.94. The van der Waals surface area contributed by atoms with Gasteiger partial charge in [-0.2, -0.15) is 0 Å². The fraction of sp³-hybridized carbons (Fsp3) is 0.235. The number of ether oxygens (including phenoxy) is 1. The molecule has 7 heteroatoms. The van der Waals surface area contributed by atoms with Crippen molar-refractivity contribution in [3.63, 3.8) is 0 Å². The van der Waals surface area contributed by atoms with Gasteiger partial charge in [0.25, 0.3) is 10.0 Å². The molecule has 0 fully saturated rings. The molecule has 0 aliphatic carbocycles.